The first-order chi connectivity index (χ1) is 10.5. The Kier molecular flexibility index (Phi) is 3.81. The van der Waals surface area contributed by atoms with E-state index < -0.39 is 0 Å². The van der Waals surface area contributed by atoms with E-state index in [1.54, 1.807) is 6.20 Å². The van der Waals surface area contributed by atoms with Crippen LogP contribution in [0.2, 0.25) is 0 Å². The molecule has 1 aliphatic rings. The van der Waals surface area contributed by atoms with Crippen molar-refractivity contribution in [1.82, 2.24) is 9.78 Å². The first-order valence-electron chi connectivity index (χ1n) is 7.91. The molecule has 0 saturated heterocycles. The molecular formula is C17H23N3O2. The highest BCUT2D eigenvalue weighted by Gasteiger charge is 2.29. The Labute approximate surface area is 130 Å². The molecule has 118 valence electrons. The van der Waals surface area contributed by atoms with Crippen LogP contribution in [0.1, 0.15) is 67.5 Å². The molecule has 1 saturated carbocycles. The first-order valence-corrected chi connectivity index (χ1v) is 7.91. The Balaban J connectivity index is 1.71. The molecule has 5 heteroatoms. The van der Waals surface area contributed by atoms with Crippen LogP contribution in [0.15, 0.2) is 22.9 Å². The number of furan rings is 1. The summed E-state index contributed by atoms with van der Waals surface area (Å²) in [5.41, 5.74) is 1.32. The zero-order valence-electron chi connectivity index (χ0n) is 13.6. The lowest BCUT2D eigenvalue weighted by molar-refractivity contribution is 0.102. The molecule has 1 amide bonds. The van der Waals surface area contributed by atoms with Gasteiger partial charge in [0.2, 0.25) is 0 Å². The maximum atomic E-state index is 12.4. The number of amides is 1. The molecule has 2 aromatic rings. The van der Waals surface area contributed by atoms with E-state index in [0.29, 0.717) is 17.4 Å². The highest BCUT2D eigenvalue weighted by molar-refractivity contribution is 6.04. The number of nitrogens with one attached hydrogen (secondary N) is 1. The molecule has 0 aliphatic heterocycles. The molecule has 3 rings (SSSR count). The van der Waals surface area contributed by atoms with Crippen molar-refractivity contribution >= 4 is 11.6 Å². The molecular weight excluding hydrogens is 278 g/mol. The number of anilines is 1. The van der Waals surface area contributed by atoms with Crippen LogP contribution in [-0.4, -0.2) is 15.7 Å². The standard InChI is InChI=1S/C17H23N3O2/c1-10(2)16-7-15(12(4)22-16)17(21)19-14-8-18-20(9-14)11(3)13-5-6-13/h7-11,13H,5-6H2,1-4H3,(H,19,21). The molecule has 1 unspecified atom stereocenters. The minimum atomic E-state index is -0.147. The van der Waals surface area contributed by atoms with Crippen molar-refractivity contribution in [3.8, 4) is 0 Å². The van der Waals surface area contributed by atoms with Crippen molar-refractivity contribution in [2.24, 2.45) is 5.92 Å². The molecule has 22 heavy (non-hydrogen) atoms. The normalized spacial score (nSPS) is 16.0. The predicted octanol–water partition coefficient (Wildman–Crippen LogP) is 4.13. The van der Waals surface area contributed by atoms with E-state index in [0.717, 1.165) is 17.4 Å². The molecule has 0 radical (unpaired) electrons. The van der Waals surface area contributed by atoms with Crippen LogP contribution in [0, 0.1) is 12.8 Å². The first kappa shape index (κ1) is 14.9. The van der Waals surface area contributed by atoms with Gasteiger partial charge < -0.3 is 9.73 Å². The van der Waals surface area contributed by atoms with Crippen LogP contribution >= 0.6 is 0 Å². The molecule has 1 N–H and O–H groups in total. The smallest absolute Gasteiger partial charge is 0.259 e. The highest BCUT2D eigenvalue weighted by atomic mass is 16.3. The van der Waals surface area contributed by atoms with Crippen molar-refractivity contribution in [2.75, 3.05) is 5.32 Å². The summed E-state index contributed by atoms with van der Waals surface area (Å²) < 4.78 is 7.58. The van der Waals surface area contributed by atoms with E-state index >= 15 is 0 Å². The van der Waals surface area contributed by atoms with Gasteiger partial charge in [-0.2, -0.15) is 5.10 Å². The Morgan fingerprint density at radius 3 is 2.73 bits per heavy atom. The fourth-order valence-electron chi connectivity index (χ4n) is 2.63. The second-order valence-electron chi connectivity index (χ2n) is 6.51. The van der Waals surface area contributed by atoms with Gasteiger partial charge in [0.15, 0.2) is 0 Å². The van der Waals surface area contributed by atoms with Crippen LogP contribution in [0.4, 0.5) is 5.69 Å². The van der Waals surface area contributed by atoms with Gasteiger partial charge in [-0.05, 0) is 38.7 Å². The van der Waals surface area contributed by atoms with Gasteiger partial charge in [-0.15, -0.1) is 0 Å². The topological polar surface area (TPSA) is 60.1 Å². The van der Waals surface area contributed by atoms with Crippen LogP contribution in [0.3, 0.4) is 0 Å². The predicted molar refractivity (Wildman–Crippen MR) is 85.1 cm³/mol. The lowest BCUT2D eigenvalue weighted by atomic mass is 10.1. The van der Waals surface area contributed by atoms with Crippen molar-refractivity contribution in [3.63, 3.8) is 0 Å². The molecule has 5 nitrogen and oxygen atoms in total. The summed E-state index contributed by atoms with van der Waals surface area (Å²) in [5.74, 6) is 2.34. The van der Waals surface area contributed by atoms with Crippen molar-refractivity contribution in [3.05, 3.63) is 35.5 Å². The van der Waals surface area contributed by atoms with Crippen LogP contribution < -0.4 is 5.32 Å². The summed E-state index contributed by atoms with van der Waals surface area (Å²) in [6.45, 7) is 8.08. The quantitative estimate of drug-likeness (QED) is 0.903. The second-order valence-corrected chi connectivity index (χ2v) is 6.51. The summed E-state index contributed by atoms with van der Waals surface area (Å²) in [6.07, 6.45) is 6.15. The zero-order chi connectivity index (χ0) is 15.9. The average Bonchev–Trinajstić information content (AvgIpc) is 3.09. The van der Waals surface area contributed by atoms with Gasteiger partial charge in [-0.25, -0.2) is 0 Å². The fourth-order valence-corrected chi connectivity index (χ4v) is 2.63. The Bertz CT molecular complexity index is 680. The molecule has 2 heterocycles. The van der Waals surface area contributed by atoms with Gasteiger partial charge in [-0.3, -0.25) is 9.48 Å². The Hall–Kier alpha value is -2.04. The van der Waals surface area contributed by atoms with E-state index in [9.17, 15) is 4.79 Å². The fraction of sp³-hybridized carbons (Fsp3) is 0.529. The number of aryl methyl sites for hydroxylation is 1. The number of hydrogen-bond donors (Lipinski definition) is 1. The van der Waals surface area contributed by atoms with E-state index in [1.165, 1.54) is 12.8 Å². The molecule has 1 fully saturated rings. The van der Waals surface area contributed by atoms with Gasteiger partial charge in [-0.1, -0.05) is 13.8 Å². The maximum absolute atomic E-state index is 12.4. The van der Waals surface area contributed by atoms with Crippen LogP contribution in [-0.2, 0) is 0 Å². The minimum Gasteiger partial charge on any atom is -0.465 e. The number of nitrogens with zero attached hydrogens (tertiary/aromatic N) is 2. The van der Waals surface area contributed by atoms with Gasteiger partial charge in [0.05, 0.1) is 23.5 Å². The molecule has 1 aliphatic carbocycles. The van der Waals surface area contributed by atoms with Crippen LogP contribution in [0.5, 0.6) is 0 Å². The minimum absolute atomic E-state index is 0.147. The van der Waals surface area contributed by atoms with Gasteiger partial charge in [0.25, 0.3) is 5.91 Å². The lowest BCUT2D eigenvalue weighted by Crippen LogP contribution is -2.12. The SMILES string of the molecule is Cc1oc(C(C)C)cc1C(=O)Nc1cnn(C(C)C2CC2)c1. The van der Waals surface area contributed by atoms with E-state index in [2.05, 4.69) is 17.3 Å². The van der Waals surface area contributed by atoms with E-state index in [-0.39, 0.29) is 11.8 Å². The maximum Gasteiger partial charge on any atom is 0.259 e. The molecule has 2 aromatic heterocycles. The number of carbonyl (C=O) groups is 1. The molecule has 0 spiro atoms. The van der Waals surface area contributed by atoms with Crippen molar-refractivity contribution in [1.29, 1.82) is 0 Å². The molecule has 0 bridgehead atoms. The van der Waals surface area contributed by atoms with E-state index in [1.807, 2.05) is 37.7 Å². The molecule has 1 atom stereocenters. The third-order valence-electron chi connectivity index (χ3n) is 4.33. The van der Waals surface area contributed by atoms with Gasteiger partial charge >= 0.3 is 0 Å². The highest BCUT2D eigenvalue weighted by Crippen LogP contribution is 2.39. The average molecular weight is 301 g/mol. The summed E-state index contributed by atoms with van der Waals surface area (Å²) >= 11 is 0. The number of hydrogen-bond acceptors (Lipinski definition) is 3. The lowest BCUT2D eigenvalue weighted by Gasteiger charge is -2.09. The largest absolute Gasteiger partial charge is 0.465 e. The summed E-state index contributed by atoms with van der Waals surface area (Å²) in [5, 5.41) is 7.26. The van der Waals surface area contributed by atoms with E-state index in [4.69, 9.17) is 4.42 Å². The van der Waals surface area contributed by atoms with Gasteiger partial charge in [0, 0.05) is 12.1 Å². The van der Waals surface area contributed by atoms with Crippen molar-refractivity contribution in [2.45, 2.75) is 52.5 Å². The number of rotatable bonds is 5. The zero-order valence-corrected chi connectivity index (χ0v) is 13.6. The number of carbonyl (C=O) groups excluding carboxylic acids is 1. The summed E-state index contributed by atoms with van der Waals surface area (Å²) in [4.78, 5) is 12.4. The monoisotopic (exact) mass is 301 g/mol. The van der Waals surface area contributed by atoms with Crippen molar-refractivity contribution < 1.29 is 9.21 Å². The third kappa shape index (κ3) is 2.93. The summed E-state index contributed by atoms with van der Waals surface area (Å²) in [6, 6.07) is 2.22. The molecule has 0 aromatic carbocycles. The Morgan fingerprint density at radius 2 is 2.14 bits per heavy atom. The van der Waals surface area contributed by atoms with Gasteiger partial charge in [0.1, 0.15) is 11.5 Å². The Morgan fingerprint density at radius 1 is 1.41 bits per heavy atom. The van der Waals surface area contributed by atoms with Crippen LogP contribution in [0.25, 0.3) is 0 Å². The second kappa shape index (κ2) is 5.63. The summed E-state index contributed by atoms with van der Waals surface area (Å²) in [7, 11) is 0. The third-order valence-corrected chi connectivity index (χ3v) is 4.33. The number of aromatic nitrogens is 2.